The van der Waals surface area contributed by atoms with Crippen LogP contribution in [-0.4, -0.2) is 140 Å². The van der Waals surface area contributed by atoms with Crippen LogP contribution in [0.15, 0.2) is 4.99 Å². The van der Waals surface area contributed by atoms with Crippen molar-refractivity contribution in [1.82, 2.24) is 5.32 Å². The average molecular weight is 498 g/mol. The zero-order valence-electron chi connectivity index (χ0n) is 18.2. The second-order valence-corrected chi connectivity index (χ2v) is 8.06. The first kappa shape index (κ1) is 28.5. The lowest BCUT2D eigenvalue weighted by molar-refractivity contribution is -0.342. The number of carboxylic acid groups (broad SMARTS) is 1. The van der Waals surface area contributed by atoms with Crippen LogP contribution in [-0.2, 0) is 19.0 Å². The summed E-state index contributed by atoms with van der Waals surface area (Å²) in [5.74, 6) is -1.33. The molecule has 2 saturated heterocycles. The van der Waals surface area contributed by atoms with Gasteiger partial charge in [0, 0.05) is 6.54 Å². The molecule has 0 aliphatic carbocycles. The SMILES string of the molecule is NC(=NCCCC(N)C(=O)O)N[C@@H]1O[C@H](CO)[C@@H](O[C@H]2O[C@H](CO)[C@@H](O)[C@H](O)[C@H]2O)[C@H](O)[C@H]1O. The third-order valence-electron chi connectivity index (χ3n) is 5.57. The maximum absolute atomic E-state index is 10.7. The third kappa shape index (κ3) is 6.92. The van der Waals surface area contributed by atoms with E-state index in [0.717, 1.165) is 0 Å². The number of aliphatic hydroxyl groups excluding tert-OH is 7. The van der Waals surface area contributed by atoms with E-state index in [9.17, 15) is 40.5 Å². The standard InChI is InChI=1S/C18H34N4O12/c19-6(16(30)31)2-1-3-21-18(20)22-15-12(28)11(27)14(8(5-24)32-15)34-17-13(29)10(26)9(25)7(4-23)33-17/h6-15,17,23-29H,1-5,19H2,(H,30,31)(H3,20,21,22)/t6?,7-,8-,9-,10+,11-,12-,13-,14-,15-,17-/m1/s1. The number of nitrogens with zero attached hydrogens (tertiary/aromatic N) is 1. The number of carboxylic acids is 1. The second-order valence-electron chi connectivity index (χ2n) is 8.06. The van der Waals surface area contributed by atoms with Gasteiger partial charge in [0.15, 0.2) is 18.5 Å². The zero-order chi connectivity index (χ0) is 25.6. The number of ether oxygens (including phenoxy) is 3. The summed E-state index contributed by atoms with van der Waals surface area (Å²) < 4.78 is 16.2. The van der Waals surface area contributed by atoms with Crippen LogP contribution in [0.2, 0.25) is 0 Å². The molecule has 16 nitrogen and oxygen atoms in total. The van der Waals surface area contributed by atoms with Gasteiger partial charge in [0.05, 0.1) is 13.2 Å². The molecule has 2 rings (SSSR count). The van der Waals surface area contributed by atoms with Gasteiger partial charge in [-0.15, -0.1) is 0 Å². The van der Waals surface area contributed by atoms with Crippen molar-refractivity contribution in [2.75, 3.05) is 19.8 Å². The molecule has 0 aromatic carbocycles. The Morgan fingerprint density at radius 3 is 2.21 bits per heavy atom. The summed E-state index contributed by atoms with van der Waals surface area (Å²) in [7, 11) is 0. The van der Waals surface area contributed by atoms with Crippen molar-refractivity contribution in [1.29, 1.82) is 0 Å². The minimum absolute atomic E-state index is 0.122. The predicted molar refractivity (Wildman–Crippen MR) is 111 cm³/mol. The smallest absolute Gasteiger partial charge is 0.320 e. The van der Waals surface area contributed by atoms with E-state index in [1.165, 1.54) is 0 Å². The normalized spacial score (nSPS) is 40.1. The van der Waals surface area contributed by atoms with E-state index < -0.39 is 86.6 Å². The monoisotopic (exact) mass is 498 g/mol. The van der Waals surface area contributed by atoms with Crippen molar-refractivity contribution >= 4 is 11.9 Å². The summed E-state index contributed by atoms with van der Waals surface area (Å²) in [6, 6.07) is -1.03. The Morgan fingerprint density at radius 1 is 0.971 bits per heavy atom. The molecule has 2 aliphatic rings. The number of aliphatic carboxylic acids is 1. The van der Waals surface area contributed by atoms with Gasteiger partial charge >= 0.3 is 5.97 Å². The van der Waals surface area contributed by atoms with Crippen molar-refractivity contribution in [3.8, 4) is 0 Å². The Bertz CT molecular complexity index is 683. The van der Waals surface area contributed by atoms with Gasteiger partial charge in [-0.2, -0.15) is 0 Å². The van der Waals surface area contributed by atoms with E-state index >= 15 is 0 Å². The first-order valence-electron chi connectivity index (χ1n) is 10.6. The number of nitrogens with two attached hydrogens (primary N) is 2. The van der Waals surface area contributed by atoms with Crippen molar-refractivity contribution in [3.05, 3.63) is 0 Å². The van der Waals surface area contributed by atoms with Crippen LogP contribution in [0.4, 0.5) is 0 Å². The predicted octanol–water partition coefficient (Wildman–Crippen LogP) is -6.29. The molecule has 0 aromatic rings. The van der Waals surface area contributed by atoms with E-state index in [4.69, 9.17) is 30.8 Å². The summed E-state index contributed by atoms with van der Waals surface area (Å²) in [5, 5.41) is 81.1. The Morgan fingerprint density at radius 2 is 1.62 bits per heavy atom. The maximum Gasteiger partial charge on any atom is 0.320 e. The van der Waals surface area contributed by atoms with Crippen LogP contribution in [0.5, 0.6) is 0 Å². The van der Waals surface area contributed by atoms with Gasteiger partial charge in [-0.1, -0.05) is 0 Å². The summed E-state index contributed by atoms with van der Waals surface area (Å²) >= 11 is 0. The molecule has 16 heteroatoms. The van der Waals surface area contributed by atoms with Crippen molar-refractivity contribution in [2.24, 2.45) is 16.5 Å². The van der Waals surface area contributed by atoms with Gasteiger partial charge in [0.1, 0.15) is 54.9 Å². The van der Waals surface area contributed by atoms with Crippen LogP contribution >= 0.6 is 0 Å². The number of aliphatic imine (C=N–C) groups is 1. The number of nitrogens with one attached hydrogen (secondary N) is 1. The van der Waals surface area contributed by atoms with E-state index in [1.54, 1.807) is 0 Å². The number of guanidine groups is 1. The Hall–Kier alpha value is -1.70. The van der Waals surface area contributed by atoms with Gasteiger partial charge in [-0.05, 0) is 12.8 Å². The van der Waals surface area contributed by atoms with Crippen molar-refractivity contribution in [3.63, 3.8) is 0 Å². The summed E-state index contributed by atoms with van der Waals surface area (Å²) in [6.07, 6.45) is -14.9. The van der Waals surface area contributed by atoms with E-state index in [-0.39, 0.29) is 18.9 Å². The maximum atomic E-state index is 10.7. The highest BCUT2D eigenvalue weighted by Crippen LogP contribution is 2.28. The average Bonchev–Trinajstić information content (AvgIpc) is 2.81. The summed E-state index contributed by atoms with van der Waals surface area (Å²) in [4.78, 5) is 14.7. The number of hydrogen-bond acceptors (Lipinski definition) is 13. The fourth-order valence-electron chi connectivity index (χ4n) is 3.53. The number of aliphatic hydroxyl groups is 7. The van der Waals surface area contributed by atoms with Crippen LogP contribution < -0.4 is 16.8 Å². The molecule has 11 atom stereocenters. The molecular weight excluding hydrogens is 464 g/mol. The van der Waals surface area contributed by atoms with Gasteiger partial charge in [-0.3, -0.25) is 9.79 Å². The van der Waals surface area contributed by atoms with Gasteiger partial charge in [-0.25, -0.2) is 0 Å². The first-order valence-corrected chi connectivity index (χ1v) is 10.6. The minimum atomic E-state index is -1.77. The van der Waals surface area contributed by atoms with Crippen LogP contribution in [0.25, 0.3) is 0 Å². The highest BCUT2D eigenvalue weighted by Gasteiger charge is 2.50. The van der Waals surface area contributed by atoms with Gasteiger partial charge < -0.3 is 71.8 Å². The van der Waals surface area contributed by atoms with Gasteiger partial charge in [0.2, 0.25) is 0 Å². The lowest BCUT2D eigenvalue weighted by atomic mass is 9.96. The van der Waals surface area contributed by atoms with Crippen LogP contribution in [0.3, 0.4) is 0 Å². The zero-order valence-corrected chi connectivity index (χ0v) is 18.2. The minimum Gasteiger partial charge on any atom is -0.480 e. The second kappa shape index (κ2) is 12.8. The molecule has 198 valence electrons. The molecule has 0 radical (unpaired) electrons. The van der Waals surface area contributed by atoms with Crippen molar-refractivity contribution < 1.29 is 59.9 Å². The lowest BCUT2D eigenvalue weighted by Gasteiger charge is -2.46. The molecular formula is C18H34N4O12. The summed E-state index contributed by atoms with van der Waals surface area (Å²) in [5.41, 5.74) is 11.1. The molecule has 2 heterocycles. The number of hydrogen-bond donors (Lipinski definition) is 11. The highest BCUT2D eigenvalue weighted by atomic mass is 16.7. The summed E-state index contributed by atoms with van der Waals surface area (Å²) in [6.45, 7) is -1.28. The highest BCUT2D eigenvalue weighted by molar-refractivity contribution is 5.78. The molecule has 0 amide bonds. The molecule has 34 heavy (non-hydrogen) atoms. The molecule has 2 fully saturated rings. The lowest BCUT2D eigenvalue weighted by Crippen LogP contribution is -2.67. The molecule has 2 aliphatic heterocycles. The Labute approximate surface area is 194 Å². The number of rotatable bonds is 10. The van der Waals surface area contributed by atoms with Gasteiger partial charge in [0.25, 0.3) is 0 Å². The van der Waals surface area contributed by atoms with Crippen LogP contribution in [0, 0.1) is 0 Å². The molecule has 1 unspecified atom stereocenters. The van der Waals surface area contributed by atoms with Crippen LogP contribution in [0.1, 0.15) is 12.8 Å². The van der Waals surface area contributed by atoms with E-state index in [1.807, 2.05) is 0 Å². The number of carbonyl (C=O) groups is 1. The van der Waals surface area contributed by atoms with E-state index in [2.05, 4.69) is 10.3 Å². The molecule has 0 aromatic heterocycles. The topological polar surface area (TPSA) is 283 Å². The third-order valence-corrected chi connectivity index (χ3v) is 5.57. The first-order chi connectivity index (χ1) is 16.0. The molecule has 13 N–H and O–H groups in total. The largest absolute Gasteiger partial charge is 0.480 e. The fourth-order valence-corrected chi connectivity index (χ4v) is 3.53. The Balaban J connectivity index is 1.98. The quantitative estimate of drug-likeness (QED) is 0.0758. The van der Waals surface area contributed by atoms with E-state index in [0.29, 0.717) is 6.42 Å². The molecule has 0 bridgehead atoms. The fraction of sp³-hybridized carbons (Fsp3) is 0.889. The molecule has 0 saturated carbocycles. The van der Waals surface area contributed by atoms with Crippen molar-refractivity contribution in [2.45, 2.75) is 80.2 Å². The molecule has 0 spiro atoms. The Kier molecular flexibility index (Phi) is 10.8.